The Morgan fingerprint density at radius 1 is 1.56 bits per heavy atom. The van der Waals surface area contributed by atoms with Crippen LogP contribution in [0.3, 0.4) is 0 Å². The molecule has 0 bridgehead atoms. The fourth-order valence-corrected chi connectivity index (χ4v) is 0.974. The Morgan fingerprint density at radius 2 is 2.44 bits per heavy atom. The summed E-state index contributed by atoms with van der Waals surface area (Å²) in [5.41, 5.74) is 0. The summed E-state index contributed by atoms with van der Waals surface area (Å²) in [6.45, 7) is 4.95. The van der Waals surface area contributed by atoms with Gasteiger partial charge in [-0.1, -0.05) is 0 Å². The van der Waals surface area contributed by atoms with Gasteiger partial charge in [-0.15, -0.1) is 0 Å². The van der Waals surface area contributed by atoms with Crippen molar-refractivity contribution in [2.45, 2.75) is 25.6 Å². The molecule has 1 aliphatic heterocycles. The summed E-state index contributed by atoms with van der Waals surface area (Å²) in [6, 6.07) is 0. The van der Waals surface area contributed by atoms with Crippen molar-refractivity contribution in [2.24, 2.45) is 0 Å². The fourth-order valence-electron chi connectivity index (χ4n) is 0.974. The molecule has 0 spiro atoms. The summed E-state index contributed by atoms with van der Waals surface area (Å²) in [6.07, 6.45) is 3.48. The number of hydrogen-bond donors (Lipinski definition) is 0. The van der Waals surface area contributed by atoms with Gasteiger partial charge in [-0.2, -0.15) is 0 Å². The molecule has 1 fully saturated rings. The number of rotatable bonds is 2. The maximum atomic E-state index is 5.26. The molecular formula is C7H13O2. The van der Waals surface area contributed by atoms with E-state index in [4.69, 9.17) is 9.47 Å². The molecule has 1 rings (SSSR count). The molecule has 9 heavy (non-hydrogen) atoms. The summed E-state index contributed by atoms with van der Waals surface area (Å²) in [4.78, 5) is 0. The van der Waals surface area contributed by atoms with E-state index in [0.717, 1.165) is 13.0 Å². The molecule has 0 aromatic rings. The average molecular weight is 129 g/mol. The highest BCUT2D eigenvalue weighted by Crippen LogP contribution is 2.12. The van der Waals surface area contributed by atoms with Crippen molar-refractivity contribution < 1.29 is 9.47 Å². The zero-order valence-corrected chi connectivity index (χ0v) is 5.64. The molecule has 1 aliphatic rings. The fraction of sp³-hybridized carbons (Fsp3) is 0.857. The van der Waals surface area contributed by atoms with E-state index in [-0.39, 0.29) is 6.29 Å². The highest BCUT2D eigenvalue weighted by Gasteiger charge is 2.11. The Morgan fingerprint density at radius 3 is 3.00 bits per heavy atom. The molecule has 1 saturated heterocycles. The lowest BCUT2D eigenvalue weighted by molar-refractivity contribution is -0.155. The molecular weight excluding hydrogens is 116 g/mol. The first-order valence-electron chi connectivity index (χ1n) is 3.46. The second-order valence-electron chi connectivity index (χ2n) is 2.17. The molecule has 0 saturated carbocycles. The summed E-state index contributed by atoms with van der Waals surface area (Å²) >= 11 is 0. The second-order valence-corrected chi connectivity index (χ2v) is 2.17. The minimum absolute atomic E-state index is 0.0382. The van der Waals surface area contributed by atoms with E-state index in [1.54, 1.807) is 0 Å². The van der Waals surface area contributed by atoms with Gasteiger partial charge < -0.3 is 9.47 Å². The third kappa shape index (κ3) is 2.33. The van der Waals surface area contributed by atoms with Crippen molar-refractivity contribution >= 4 is 0 Å². The Kier molecular flexibility index (Phi) is 3.01. The van der Waals surface area contributed by atoms with E-state index in [1.165, 1.54) is 12.8 Å². The van der Waals surface area contributed by atoms with Crippen LogP contribution in [-0.4, -0.2) is 19.5 Å². The molecule has 2 nitrogen and oxygen atoms in total. The topological polar surface area (TPSA) is 18.5 Å². The molecule has 1 radical (unpaired) electrons. The zero-order chi connectivity index (χ0) is 6.53. The van der Waals surface area contributed by atoms with E-state index < -0.39 is 0 Å². The Bertz CT molecular complexity index is 64.6. The molecule has 2 heteroatoms. The second kappa shape index (κ2) is 3.85. The van der Waals surface area contributed by atoms with Gasteiger partial charge in [0.1, 0.15) is 0 Å². The first kappa shape index (κ1) is 7.03. The van der Waals surface area contributed by atoms with Crippen molar-refractivity contribution in [3.63, 3.8) is 0 Å². The van der Waals surface area contributed by atoms with E-state index in [0.29, 0.717) is 6.61 Å². The van der Waals surface area contributed by atoms with Crippen LogP contribution < -0.4 is 0 Å². The first-order chi connectivity index (χ1) is 4.43. The van der Waals surface area contributed by atoms with Gasteiger partial charge in [-0.25, -0.2) is 0 Å². The van der Waals surface area contributed by atoms with Crippen molar-refractivity contribution in [3.05, 3.63) is 6.92 Å². The van der Waals surface area contributed by atoms with Crippen molar-refractivity contribution in [1.82, 2.24) is 0 Å². The van der Waals surface area contributed by atoms with E-state index >= 15 is 0 Å². The molecule has 0 amide bonds. The highest BCUT2D eigenvalue weighted by atomic mass is 16.7. The minimum Gasteiger partial charge on any atom is -0.353 e. The van der Waals surface area contributed by atoms with Gasteiger partial charge >= 0.3 is 0 Å². The standard InChI is InChI=1S/C7H13O2/c1-2-8-7-5-3-4-6-9-7/h7H,1-6H2. The maximum Gasteiger partial charge on any atom is 0.157 e. The zero-order valence-electron chi connectivity index (χ0n) is 5.64. The Hall–Kier alpha value is -0.0800. The van der Waals surface area contributed by atoms with Crippen LogP contribution in [0.15, 0.2) is 0 Å². The monoisotopic (exact) mass is 129 g/mol. The molecule has 0 N–H and O–H groups in total. The third-order valence-electron chi connectivity index (χ3n) is 1.44. The first-order valence-corrected chi connectivity index (χ1v) is 3.46. The predicted octanol–water partition coefficient (Wildman–Crippen LogP) is 1.36. The van der Waals surface area contributed by atoms with Crippen LogP contribution in [0.1, 0.15) is 19.3 Å². The quantitative estimate of drug-likeness (QED) is 0.560. The molecule has 1 heterocycles. The SMILES string of the molecule is [CH2]COC1CCCCO1. The van der Waals surface area contributed by atoms with Gasteiger partial charge in [-0.05, 0) is 26.2 Å². The predicted molar refractivity (Wildman–Crippen MR) is 34.9 cm³/mol. The molecule has 0 aromatic heterocycles. The van der Waals surface area contributed by atoms with E-state index in [1.807, 2.05) is 0 Å². The van der Waals surface area contributed by atoms with Crippen molar-refractivity contribution in [1.29, 1.82) is 0 Å². The third-order valence-corrected chi connectivity index (χ3v) is 1.44. The Labute approximate surface area is 56.2 Å². The lowest BCUT2D eigenvalue weighted by Crippen LogP contribution is -2.21. The van der Waals surface area contributed by atoms with Crippen molar-refractivity contribution in [2.75, 3.05) is 13.2 Å². The van der Waals surface area contributed by atoms with E-state index in [2.05, 4.69) is 6.92 Å². The molecule has 53 valence electrons. The van der Waals surface area contributed by atoms with Crippen LogP contribution in [0.25, 0.3) is 0 Å². The lowest BCUT2D eigenvalue weighted by atomic mass is 10.2. The normalized spacial score (nSPS) is 28.3. The van der Waals surface area contributed by atoms with Crippen LogP contribution in [-0.2, 0) is 9.47 Å². The Balaban J connectivity index is 2.08. The average Bonchev–Trinajstić information content (AvgIpc) is 1.91. The van der Waals surface area contributed by atoms with Gasteiger partial charge in [0.2, 0.25) is 0 Å². The number of ether oxygens (including phenoxy) is 2. The lowest BCUT2D eigenvalue weighted by Gasteiger charge is -2.21. The van der Waals surface area contributed by atoms with Crippen molar-refractivity contribution in [3.8, 4) is 0 Å². The highest BCUT2D eigenvalue weighted by molar-refractivity contribution is 4.53. The molecule has 0 aliphatic carbocycles. The van der Waals surface area contributed by atoms with Crippen LogP contribution in [0.5, 0.6) is 0 Å². The summed E-state index contributed by atoms with van der Waals surface area (Å²) in [5.74, 6) is 0. The maximum absolute atomic E-state index is 5.26. The largest absolute Gasteiger partial charge is 0.353 e. The molecule has 1 atom stereocenters. The number of hydrogen-bond acceptors (Lipinski definition) is 2. The summed E-state index contributed by atoms with van der Waals surface area (Å²) < 4.78 is 10.4. The van der Waals surface area contributed by atoms with Crippen LogP contribution in [0, 0.1) is 6.92 Å². The minimum atomic E-state index is 0.0382. The summed E-state index contributed by atoms with van der Waals surface area (Å²) in [7, 11) is 0. The van der Waals surface area contributed by atoms with Gasteiger partial charge in [-0.3, -0.25) is 0 Å². The molecule has 1 unspecified atom stereocenters. The van der Waals surface area contributed by atoms with Crippen LogP contribution >= 0.6 is 0 Å². The van der Waals surface area contributed by atoms with Gasteiger partial charge in [0.25, 0.3) is 0 Å². The summed E-state index contributed by atoms with van der Waals surface area (Å²) in [5, 5.41) is 0. The van der Waals surface area contributed by atoms with Gasteiger partial charge in [0, 0.05) is 13.2 Å². The van der Waals surface area contributed by atoms with Crippen LogP contribution in [0.2, 0.25) is 0 Å². The molecule has 0 aromatic carbocycles. The van der Waals surface area contributed by atoms with Gasteiger partial charge in [0.05, 0.1) is 0 Å². The van der Waals surface area contributed by atoms with Gasteiger partial charge in [0.15, 0.2) is 6.29 Å². The smallest absolute Gasteiger partial charge is 0.157 e. The van der Waals surface area contributed by atoms with E-state index in [9.17, 15) is 0 Å². The van der Waals surface area contributed by atoms with Crippen LogP contribution in [0.4, 0.5) is 0 Å².